The van der Waals surface area contributed by atoms with Crippen LogP contribution in [0.1, 0.15) is 24.5 Å². The van der Waals surface area contributed by atoms with Gasteiger partial charge in [0.2, 0.25) is 5.91 Å². The second kappa shape index (κ2) is 6.48. The van der Waals surface area contributed by atoms with E-state index in [2.05, 4.69) is 6.07 Å². The van der Waals surface area contributed by atoms with E-state index in [0.717, 1.165) is 57.1 Å². The average Bonchev–Trinajstić information content (AvgIpc) is 3.15. The summed E-state index contributed by atoms with van der Waals surface area (Å²) in [5, 5.41) is 0. The van der Waals surface area contributed by atoms with Crippen molar-refractivity contribution in [2.75, 3.05) is 32.9 Å². The molecule has 2 heterocycles. The van der Waals surface area contributed by atoms with Gasteiger partial charge in [-0.25, -0.2) is 0 Å². The van der Waals surface area contributed by atoms with Gasteiger partial charge < -0.3 is 14.4 Å². The van der Waals surface area contributed by atoms with Crippen LogP contribution in [-0.2, 0) is 22.4 Å². The number of amides is 1. The molecule has 2 aliphatic rings. The smallest absolute Gasteiger partial charge is 0.226 e. The van der Waals surface area contributed by atoms with Crippen LogP contribution < -0.4 is 4.74 Å². The molecule has 0 spiro atoms. The Hall–Kier alpha value is -1.55. The Bertz CT molecular complexity index is 509. The summed E-state index contributed by atoms with van der Waals surface area (Å²) in [6, 6.07) is 6.12. The van der Waals surface area contributed by atoms with Crippen LogP contribution in [0.5, 0.6) is 5.75 Å². The van der Waals surface area contributed by atoms with Crippen molar-refractivity contribution in [3.05, 3.63) is 29.3 Å². The van der Waals surface area contributed by atoms with E-state index in [4.69, 9.17) is 9.47 Å². The molecule has 1 aromatic rings. The van der Waals surface area contributed by atoms with Gasteiger partial charge in [-0.3, -0.25) is 4.79 Å². The molecule has 0 bridgehead atoms. The molecule has 3 rings (SSSR count). The van der Waals surface area contributed by atoms with Gasteiger partial charge in [0, 0.05) is 32.0 Å². The fourth-order valence-corrected chi connectivity index (χ4v) is 3.08. The Balaban J connectivity index is 1.61. The predicted molar refractivity (Wildman–Crippen MR) is 80.5 cm³/mol. The lowest BCUT2D eigenvalue weighted by molar-refractivity contribution is -0.130. The highest BCUT2D eigenvalue weighted by Gasteiger charge is 2.22. The van der Waals surface area contributed by atoms with Crippen molar-refractivity contribution in [1.82, 2.24) is 4.90 Å². The Kier molecular flexibility index (Phi) is 4.44. The lowest BCUT2D eigenvalue weighted by Crippen LogP contribution is -2.36. The van der Waals surface area contributed by atoms with Crippen molar-refractivity contribution in [1.29, 1.82) is 0 Å². The lowest BCUT2D eigenvalue weighted by Gasteiger charge is -2.24. The van der Waals surface area contributed by atoms with Crippen molar-refractivity contribution in [2.24, 2.45) is 5.92 Å². The number of rotatable bonds is 5. The van der Waals surface area contributed by atoms with Crippen LogP contribution in [-0.4, -0.2) is 43.7 Å². The largest absolute Gasteiger partial charge is 0.493 e. The Morgan fingerprint density at radius 1 is 1.38 bits per heavy atom. The predicted octanol–water partition coefficient (Wildman–Crippen LogP) is 2.05. The highest BCUT2D eigenvalue weighted by atomic mass is 16.5. The quantitative estimate of drug-likeness (QED) is 0.833. The molecule has 0 aliphatic carbocycles. The van der Waals surface area contributed by atoms with E-state index >= 15 is 0 Å². The third-order valence-corrected chi connectivity index (χ3v) is 4.35. The molecular formula is C17H23NO3. The number of nitrogens with zero attached hydrogens (tertiary/aromatic N) is 1. The standard InChI is InChI=1S/C17H23NO3/c1-2-18(11-14-5-7-20-12-14)17(19)10-13-3-4-16-15(9-13)6-8-21-16/h3-4,9,14H,2,5-8,10-12H2,1H3/t14-/m1/s1. The first-order valence-corrected chi connectivity index (χ1v) is 7.86. The van der Waals surface area contributed by atoms with Crippen molar-refractivity contribution >= 4 is 5.91 Å². The molecule has 4 heteroatoms. The van der Waals surface area contributed by atoms with Crippen LogP contribution in [0.3, 0.4) is 0 Å². The number of benzene rings is 1. The van der Waals surface area contributed by atoms with E-state index in [-0.39, 0.29) is 5.91 Å². The Labute approximate surface area is 126 Å². The van der Waals surface area contributed by atoms with Gasteiger partial charge in [0.05, 0.1) is 19.6 Å². The van der Waals surface area contributed by atoms with Crippen LogP contribution in [0.25, 0.3) is 0 Å². The normalized spacial score (nSPS) is 20.1. The third kappa shape index (κ3) is 3.38. The minimum Gasteiger partial charge on any atom is -0.493 e. The van der Waals surface area contributed by atoms with Gasteiger partial charge in [0.1, 0.15) is 5.75 Å². The van der Waals surface area contributed by atoms with Gasteiger partial charge in [-0.1, -0.05) is 12.1 Å². The minimum atomic E-state index is 0.211. The molecule has 21 heavy (non-hydrogen) atoms. The first-order chi connectivity index (χ1) is 10.3. The summed E-state index contributed by atoms with van der Waals surface area (Å²) >= 11 is 0. The molecule has 114 valence electrons. The molecule has 0 radical (unpaired) electrons. The van der Waals surface area contributed by atoms with E-state index in [0.29, 0.717) is 12.3 Å². The number of ether oxygens (including phenoxy) is 2. The van der Waals surface area contributed by atoms with Gasteiger partial charge in [0.15, 0.2) is 0 Å². The highest BCUT2D eigenvalue weighted by Crippen LogP contribution is 2.26. The highest BCUT2D eigenvalue weighted by molar-refractivity contribution is 5.79. The molecular weight excluding hydrogens is 266 g/mol. The number of hydrogen-bond donors (Lipinski definition) is 0. The number of hydrogen-bond acceptors (Lipinski definition) is 3. The van der Waals surface area contributed by atoms with Crippen LogP contribution in [0.4, 0.5) is 0 Å². The first-order valence-electron chi connectivity index (χ1n) is 7.86. The molecule has 1 atom stereocenters. The Morgan fingerprint density at radius 3 is 3.05 bits per heavy atom. The minimum absolute atomic E-state index is 0.211. The number of carbonyl (C=O) groups excluding carboxylic acids is 1. The van der Waals surface area contributed by atoms with Crippen LogP contribution in [0, 0.1) is 5.92 Å². The van der Waals surface area contributed by atoms with E-state index in [1.165, 1.54) is 5.56 Å². The summed E-state index contributed by atoms with van der Waals surface area (Å²) in [7, 11) is 0. The van der Waals surface area contributed by atoms with Crippen LogP contribution >= 0.6 is 0 Å². The number of likely N-dealkylation sites (N-methyl/N-ethyl adjacent to an activating group) is 1. The van der Waals surface area contributed by atoms with Crippen molar-refractivity contribution in [3.63, 3.8) is 0 Å². The molecule has 1 fully saturated rings. The zero-order valence-electron chi connectivity index (χ0n) is 12.6. The molecule has 0 aromatic heterocycles. The molecule has 0 saturated carbocycles. The van der Waals surface area contributed by atoms with Gasteiger partial charge >= 0.3 is 0 Å². The molecule has 0 unspecified atom stereocenters. The second-order valence-corrected chi connectivity index (χ2v) is 5.88. The van der Waals surface area contributed by atoms with Gasteiger partial charge in [-0.15, -0.1) is 0 Å². The maximum atomic E-state index is 12.5. The van der Waals surface area contributed by atoms with E-state index in [1.807, 2.05) is 24.0 Å². The van der Waals surface area contributed by atoms with E-state index < -0.39 is 0 Å². The fourth-order valence-electron chi connectivity index (χ4n) is 3.08. The van der Waals surface area contributed by atoms with Crippen LogP contribution in [0.2, 0.25) is 0 Å². The maximum absolute atomic E-state index is 12.5. The summed E-state index contributed by atoms with van der Waals surface area (Å²) < 4.78 is 10.9. The summed E-state index contributed by atoms with van der Waals surface area (Å²) in [5.74, 6) is 1.69. The molecule has 1 saturated heterocycles. The van der Waals surface area contributed by atoms with E-state index in [9.17, 15) is 4.79 Å². The summed E-state index contributed by atoms with van der Waals surface area (Å²) in [6.07, 6.45) is 2.50. The third-order valence-electron chi connectivity index (χ3n) is 4.35. The zero-order valence-corrected chi connectivity index (χ0v) is 12.6. The zero-order chi connectivity index (χ0) is 14.7. The van der Waals surface area contributed by atoms with Gasteiger partial charge in [-0.05, 0) is 30.5 Å². The monoisotopic (exact) mass is 289 g/mol. The van der Waals surface area contributed by atoms with Crippen molar-refractivity contribution in [2.45, 2.75) is 26.2 Å². The number of carbonyl (C=O) groups is 1. The first kappa shape index (κ1) is 14.4. The maximum Gasteiger partial charge on any atom is 0.226 e. The fraction of sp³-hybridized carbons (Fsp3) is 0.588. The molecule has 2 aliphatic heterocycles. The molecule has 4 nitrogen and oxygen atoms in total. The van der Waals surface area contributed by atoms with Gasteiger partial charge in [-0.2, -0.15) is 0 Å². The molecule has 0 N–H and O–H groups in total. The van der Waals surface area contributed by atoms with Crippen LogP contribution in [0.15, 0.2) is 18.2 Å². The summed E-state index contributed by atoms with van der Waals surface area (Å²) in [4.78, 5) is 14.4. The molecule has 1 amide bonds. The van der Waals surface area contributed by atoms with Gasteiger partial charge in [0.25, 0.3) is 0 Å². The Morgan fingerprint density at radius 2 is 2.29 bits per heavy atom. The lowest BCUT2D eigenvalue weighted by atomic mass is 10.0. The van der Waals surface area contributed by atoms with Crippen molar-refractivity contribution in [3.8, 4) is 5.75 Å². The summed E-state index contributed by atoms with van der Waals surface area (Å²) in [5.41, 5.74) is 2.32. The average molecular weight is 289 g/mol. The summed E-state index contributed by atoms with van der Waals surface area (Å²) in [6.45, 7) is 6.02. The second-order valence-electron chi connectivity index (χ2n) is 5.88. The van der Waals surface area contributed by atoms with Crippen molar-refractivity contribution < 1.29 is 14.3 Å². The van der Waals surface area contributed by atoms with E-state index in [1.54, 1.807) is 0 Å². The SMILES string of the molecule is CCN(C[C@H]1CCOC1)C(=O)Cc1ccc2c(c1)CCO2. The topological polar surface area (TPSA) is 38.8 Å². The number of fused-ring (bicyclic) bond motifs is 1. The molecule has 1 aromatic carbocycles.